The third kappa shape index (κ3) is 3.75. The highest BCUT2D eigenvalue weighted by Gasteiger charge is 2.03. The number of hydrogen-bond acceptors (Lipinski definition) is 4. The summed E-state index contributed by atoms with van der Waals surface area (Å²) in [5, 5.41) is 0. The van der Waals surface area contributed by atoms with Crippen molar-refractivity contribution in [3.8, 4) is 5.75 Å². The molecule has 0 aliphatic carbocycles. The summed E-state index contributed by atoms with van der Waals surface area (Å²) >= 11 is 0. The fourth-order valence-electron chi connectivity index (χ4n) is 1.25. The lowest BCUT2D eigenvalue weighted by Crippen LogP contribution is -2.04. The zero-order valence-electron chi connectivity index (χ0n) is 10.0. The summed E-state index contributed by atoms with van der Waals surface area (Å²) in [6.07, 6.45) is 3.16. The first-order valence-electron chi connectivity index (χ1n) is 5.34. The molecule has 0 heterocycles. The first kappa shape index (κ1) is 13.0. The summed E-state index contributed by atoms with van der Waals surface area (Å²) in [6, 6.07) is 7.26. The van der Waals surface area contributed by atoms with Gasteiger partial charge in [0.15, 0.2) is 5.78 Å². The molecule has 2 N–H and O–H groups in total. The van der Waals surface area contributed by atoms with Crippen molar-refractivity contribution in [3.05, 3.63) is 36.0 Å². The van der Waals surface area contributed by atoms with Crippen LogP contribution in [-0.2, 0) is 4.79 Å². The molecule has 0 bridgehead atoms. The van der Waals surface area contributed by atoms with Gasteiger partial charge in [-0.15, -0.1) is 0 Å². The van der Waals surface area contributed by atoms with E-state index in [0.717, 1.165) is 5.75 Å². The van der Waals surface area contributed by atoms with E-state index in [1.807, 2.05) is 18.2 Å². The van der Waals surface area contributed by atoms with E-state index in [4.69, 9.17) is 10.5 Å². The lowest BCUT2D eigenvalue weighted by Gasteiger charge is -2.00. The highest BCUT2D eigenvalue weighted by molar-refractivity contribution is 6.13. The van der Waals surface area contributed by atoms with Crippen LogP contribution in [0.5, 0.6) is 5.75 Å². The molecule has 0 aliphatic heterocycles. The largest absolute Gasteiger partial charge is 0.497 e. The van der Waals surface area contributed by atoms with Crippen LogP contribution in [-0.4, -0.2) is 19.1 Å². The number of methoxy groups -OCH3 is 1. The Morgan fingerprint density at radius 3 is 2.88 bits per heavy atom. The van der Waals surface area contributed by atoms with Gasteiger partial charge in [0.2, 0.25) is 0 Å². The maximum atomic E-state index is 11.4. The van der Waals surface area contributed by atoms with Gasteiger partial charge in [0.05, 0.1) is 18.4 Å². The lowest BCUT2D eigenvalue weighted by molar-refractivity contribution is -0.114. The standard InChI is InChI=1S/C13H16N2O2/c1-3-13(16)10(8-14)9-15-11-5-4-6-12(7-11)17-2/h4-9H,3,14H2,1-2H3. The van der Waals surface area contributed by atoms with Crippen molar-refractivity contribution in [1.82, 2.24) is 0 Å². The second-order valence-electron chi connectivity index (χ2n) is 3.36. The molecule has 0 atom stereocenters. The van der Waals surface area contributed by atoms with Gasteiger partial charge in [-0.1, -0.05) is 13.0 Å². The smallest absolute Gasteiger partial charge is 0.165 e. The van der Waals surface area contributed by atoms with E-state index in [0.29, 0.717) is 17.7 Å². The minimum Gasteiger partial charge on any atom is -0.497 e. The molecule has 0 aliphatic rings. The van der Waals surface area contributed by atoms with Crippen molar-refractivity contribution in [3.63, 3.8) is 0 Å². The summed E-state index contributed by atoms with van der Waals surface area (Å²) in [5.74, 6) is 0.693. The molecule has 1 aromatic carbocycles. The minimum absolute atomic E-state index is 0.0286. The fraction of sp³-hybridized carbons (Fsp3) is 0.231. The molecule has 0 aromatic heterocycles. The SMILES string of the molecule is CCC(=O)C(C=Nc1cccc(OC)c1)=CN. The number of allylic oxidation sites excluding steroid dienone is 1. The second kappa shape index (κ2) is 6.48. The zero-order valence-corrected chi connectivity index (χ0v) is 10.0. The zero-order chi connectivity index (χ0) is 12.7. The summed E-state index contributed by atoms with van der Waals surface area (Å²) in [5.41, 5.74) is 6.50. The van der Waals surface area contributed by atoms with Crippen LogP contribution in [0.2, 0.25) is 0 Å². The van der Waals surface area contributed by atoms with Crippen molar-refractivity contribution in [2.45, 2.75) is 13.3 Å². The van der Waals surface area contributed by atoms with Crippen LogP contribution >= 0.6 is 0 Å². The first-order valence-corrected chi connectivity index (χ1v) is 5.34. The van der Waals surface area contributed by atoms with Crippen LogP contribution in [0.15, 0.2) is 41.0 Å². The Balaban J connectivity index is 2.85. The molecule has 4 heteroatoms. The minimum atomic E-state index is -0.0286. The predicted octanol–water partition coefficient (Wildman–Crippen LogP) is 2.22. The predicted molar refractivity (Wildman–Crippen MR) is 68.7 cm³/mol. The maximum absolute atomic E-state index is 11.4. The molecule has 1 aromatic rings. The van der Waals surface area contributed by atoms with Crippen molar-refractivity contribution >= 4 is 17.7 Å². The van der Waals surface area contributed by atoms with Crippen molar-refractivity contribution in [1.29, 1.82) is 0 Å². The monoisotopic (exact) mass is 232 g/mol. The van der Waals surface area contributed by atoms with Crippen molar-refractivity contribution < 1.29 is 9.53 Å². The molecule has 0 saturated heterocycles. The second-order valence-corrected chi connectivity index (χ2v) is 3.36. The van der Waals surface area contributed by atoms with Gasteiger partial charge in [-0.2, -0.15) is 0 Å². The van der Waals surface area contributed by atoms with Crippen molar-refractivity contribution in [2.75, 3.05) is 7.11 Å². The highest BCUT2D eigenvalue weighted by Crippen LogP contribution is 2.19. The first-order chi connectivity index (χ1) is 8.21. The summed E-state index contributed by atoms with van der Waals surface area (Å²) in [7, 11) is 1.59. The van der Waals surface area contributed by atoms with Gasteiger partial charge < -0.3 is 10.5 Å². The lowest BCUT2D eigenvalue weighted by atomic mass is 10.1. The van der Waals surface area contributed by atoms with E-state index < -0.39 is 0 Å². The van der Waals surface area contributed by atoms with Crippen molar-refractivity contribution in [2.24, 2.45) is 10.7 Å². The third-order valence-corrected chi connectivity index (χ3v) is 2.23. The van der Waals surface area contributed by atoms with E-state index in [1.54, 1.807) is 20.1 Å². The number of carbonyl (C=O) groups is 1. The van der Waals surface area contributed by atoms with E-state index >= 15 is 0 Å². The molecule has 0 spiro atoms. The van der Waals surface area contributed by atoms with Crippen LogP contribution in [0.25, 0.3) is 0 Å². The fourth-order valence-corrected chi connectivity index (χ4v) is 1.25. The molecule has 90 valence electrons. The number of nitrogens with zero attached hydrogens (tertiary/aromatic N) is 1. The van der Waals surface area contributed by atoms with E-state index in [2.05, 4.69) is 4.99 Å². The van der Waals surface area contributed by atoms with Crippen LogP contribution < -0.4 is 10.5 Å². The summed E-state index contributed by atoms with van der Waals surface area (Å²) in [4.78, 5) is 15.6. The third-order valence-electron chi connectivity index (χ3n) is 2.23. The molecule has 0 saturated carbocycles. The normalized spacial score (nSPS) is 11.8. The number of Topliss-reactive ketones (excluding diaryl/α,β-unsaturated/α-hetero) is 1. The number of nitrogens with two attached hydrogens (primary N) is 1. The van der Waals surface area contributed by atoms with Crippen LogP contribution in [0.4, 0.5) is 5.69 Å². The van der Waals surface area contributed by atoms with Gasteiger partial charge in [-0.05, 0) is 12.1 Å². The number of ether oxygens (including phenoxy) is 1. The number of benzene rings is 1. The molecule has 17 heavy (non-hydrogen) atoms. The van der Waals surface area contributed by atoms with E-state index in [1.165, 1.54) is 12.4 Å². The van der Waals surface area contributed by atoms with Gasteiger partial charge in [0, 0.05) is 24.9 Å². The molecule has 4 nitrogen and oxygen atoms in total. The van der Waals surface area contributed by atoms with Gasteiger partial charge in [-0.3, -0.25) is 9.79 Å². The molecule has 0 radical (unpaired) electrons. The van der Waals surface area contributed by atoms with E-state index in [9.17, 15) is 4.79 Å². The summed E-state index contributed by atoms with van der Waals surface area (Å²) in [6.45, 7) is 1.78. The Kier molecular flexibility index (Phi) is 4.94. The van der Waals surface area contributed by atoms with Gasteiger partial charge >= 0.3 is 0 Å². The number of ketones is 1. The number of carbonyl (C=O) groups excluding carboxylic acids is 1. The number of rotatable bonds is 5. The van der Waals surface area contributed by atoms with Gasteiger partial charge in [-0.25, -0.2) is 0 Å². The maximum Gasteiger partial charge on any atom is 0.165 e. The molecular formula is C13H16N2O2. The summed E-state index contributed by atoms with van der Waals surface area (Å²) < 4.78 is 5.08. The Morgan fingerprint density at radius 2 is 2.29 bits per heavy atom. The highest BCUT2D eigenvalue weighted by atomic mass is 16.5. The Bertz CT molecular complexity index is 450. The molecule has 0 amide bonds. The Morgan fingerprint density at radius 1 is 1.53 bits per heavy atom. The molecule has 1 rings (SSSR count). The van der Waals surface area contributed by atoms with Gasteiger partial charge in [0.1, 0.15) is 5.75 Å². The van der Waals surface area contributed by atoms with Crippen LogP contribution in [0.1, 0.15) is 13.3 Å². The topological polar surface area (TPSA) is 64.7 Å². The van der Waals surface area contributed by atoms with Crippen LogP contribution in [0.3, 0.4) is 0 Å². The van der Waals surface area contributed by atoms with Crippen LogP contribution in [0, 0.1) is 0 Å². The Hall–Kier alpha value is -2.10. The quantitative estimate of drug-likeness (QED) is 0.625. The number of hydrogen-bond donors (Lipinski definition) is 1. The molecule has 0 unspecified atom stereocenters. The van der Waals surface area contributed by atoms with Gasteiger partial charge in [0.25, 0.3) is 0 Å². The molecular weight excluding hydrogens is 216 g/mol. The number of aliphatic imine (C=N–C) groups is 1. The molecule has 0 fully saturated rings. The average Bonchev–Trinajstić information content (AvgIpc) is 2.39. The average molecular weight is 232 g/mol. The van der Waals surface area contributed by atoms with E-state index in [-0.39, 0.29) is 5.78 Å². The Labute approximate surface area is 101 Å².